The molecule has 1 N–H and O–H groups in total. The summed E-state index contributed by atoms with van der Waals surface area (Å²) in [5, 5.41) is 8.73. The Morgan fingerprint density at radius 2 is 1.84 bits per heavy atom. The van der Waals surface area contributed by atoms with Crippen molar-refractivity contribution in [2.45, 2.75) is 26.7 Å². The molecule has 0 aliphatic heterocycles. The maximum absolute atomic E-state index is 12.2. The fraction of sp³-hybridized carbons (Fsp3) is 0.462. The van der Waals surface area contributed by atoms with Crippen molar-refractivity contribution in [2.24, 2.45) is 0 Å². The van der Waals surface area contributed by atoms with Gasteiger partial charge in [-0.25, -0.2) is 8.42 Å². The summed E-state index contributed by atoms with van der Waals surface area (Å²) in [4.78, 5) is 10.7. The summed E-state index contributed by atoms with van der Waals surface area (Å²) in [5.74, 6) is -0.996. The van der Waals surface area contributed by atoms with Crippen LogP contribution in [0.15, 0.2) is 24.3 Å². The number of carboxylic acids is 1. The summed E-state index contributed by atoms with van der Waals surface area (Å²) in [5.41, 5.74) is 1.54. The van der Waals surface area contributed by atoms with E-state index in [1.807, 2.05) is 19.1 Å². The van der Waals surface area contributed by atoms with Gasteiger partial charge in [-0.3, -0.25) is 9.10 Å². The van der Waals surface area contributed by atoms with Gasteiger partial charge in [-0.2, -0.15) is 0 Å². The first-order valence-corrected chi connectivity index (χ1v) is 7.76. The minimum absolute atomic E-state index is 0.0144. The quantitative estimate of drug-likeness (QED) is 0.831. The third-order valence-electron chi connectivity index (χ3n) is 2.65. The Hall–Kier alpha value is -1.56. The first kappa shape index (κ1) is 15.5. The second-order valence-corrected chi connectivity index (χ2v) is 6.38. The van der Waals surface area contributed by atoms with Crippen LogP contribution >= 0.6 is 0 Å². The molecule has 0 heterocycles. The number of hydrogen-bond acceptors (Lipinski definition) is 3. The molecule has 0 spiro atoms. The lowest BCUT2D eigenvalue weighted by Gasteiger charge is -2.23. The number of sulfonamides is 1. The topological polar surface area (TPSA) is 74.7 Å². The van der Waals surface area contributed by atoms with E-state index in [1.54, 1.807) is 19.1 Å². The van der Waals surface area contributed by atoms with Crippen LogP contribution in [0.5, 0.6) is 0 Å². The fourth-order valence-electron chi connectivity index (χ4n) is 1.71. The van der Waals surface area contributed by atoms with Crippen molar-refractivity contribution < 1.29 is 18.3 Å². The molecule has 0 atom stereocenters. The number of carboxylic acid groups (broad SMARTS) is 1. The van der Waals surface area contributed by atoms with E-state index in [-0.39, 0.29) is 18.7 Å². The third-order valence-corrected chi connectivity index (χ3v) is 4.64. The number of carbonyl (C=O) groups is 1. The zero-order valence-corrected chi connectivity index (χ0v) is 12.0. The van der Waals surface area contributed by atoms with Gasteiger partial charge in [0.25, 0.3) is 0 Å². The summed E-state index contributed by atoms with van der Waals surface area (Å²) >= 11 is 0. The maximum Gasteiger partial charge on any atom is 0.305 e. The molecule has 1 aromatic rings. The number of rotatable bonds is 7. The number of anilines is 1. The molecule has 1 rings (SSSR count). The lowest BCUT2D eigenvalue weighted by atomic mass is 10.2. The molecule has 106 valence electrons. The van der Waals surface area contributed by atoms with Crippen LogP contribution in [0.25, 0.3) is 0 Å². The fourth-order valence-corrected chi connectivity index (χ4v) is 3.25. The third kappa shape index (κ3) is 4.55. The highest BCUT2D eigenvalue weighted by Gasteiger charge is 2.22. The van der Waals surface area contributed by atoms with E-state index >= 15 is 0 Å². The van der Waals surface area contributed by atoms with Crippen LogP contribution in [0.2, 0.25) is 0 Å². The molecule has 0 radical (unpaired) electrons. The van der Waals surface area contributed by atoms with Crippen LogP contribution in [0, 0.1) is 6.92 Å². The van der Waals surface area contributed by atoms with Gasteiger partial charge in [-0.05, 0) is 25.5 Å². The highest BCUT2D eigenvalue weighted by Crippen LogP contribution is 2.20. The van der Waals surface area contributed by atoms with Crippen molar-refractivity contribution in [1.29, 1.82) is 0 Å². The lowest BCUT2D eigenvalue weighted by Crippen LogP contribution is -2.34. The number of hydrogen-bond donors (Lipinski definition) is 1. The van der Waals surface area contributed by atoms with Crippen molar-refractivity contribution >= 4 is 21.7 Å². The summed E-state index contributed by atoms with van der Waals surface area (Å²) in [6.07, 6.45) is 0.286. The normalized spacial score (nSPS) is 11.3. The Kier molecular flexibility index (Phi) is 5.35. The van der Waals surface area contributed by atoms with Crippen LogP contribution in [0.1, 0.15) is 25.3 Å². The van der Waals surface area contributed by atoms with Crippen molar-refractivity contribution in [2.75, 3.05) is 16.6 Å². The zero-order chi connectivity index (χ0) is 14.5. The smallest absolute Gasteiger partial charge is 0.305 e. The van der Waals surface area contributed by atoms with Gasteiger partial charge in [-0.1, -0.05) is 24.6 Å². The van der Waals surface area contributed by atoms with E-state index in [1.165, 1.54) is 4.31 Å². The Morgan fingerprint density at radius 1 is 1.26 bits per heavy atom. The predicted octanol–water partition coefficient (Wildman–Crippen LogP) is 2.02. The molecule has 0 aliphatic rings. The van der Waals surface area contributed by atoms with Gasteiger partial charge in [0.05, 0.1) is 17.9 Å². The van der Waals surface area contributed by atoms with Gasteiger partial charge in [0, 0.05) is 6.54 Å². The highest BCUT2D eigenvalue weighted by atomic mass is 32.2. The molecule has 0 saturated carbocycles. The molecule has 0 aliphatic carbocycles. The van der Waals surface area contributed by atoms with Gasteiger partial charge in [-0.15, -0.1) is 0 Å². The summed E-state index contributed by atoms with van der Waals surface area (Å²) in [6.45, 7) is 3.65. The molecular weight excluding hydrogens is 266 g/mol. The van der Waals surface area contributed by atoms with E-state index < -0.39 is 16.0 Å². The minimum Gasteiger partial charge on any atom is -0.481 e. The Bertz CT molecular complexity index is 522. The van der Waals surface area contributed by atoms with Crippen LogP contribution in [-0.2, 0) is 14.8 Å². The highest BCUT2D eigenvalue weighted by molar-refractivity contribution is 7.92. The second kappa shape index (κ2) is 6.56. The van der Waals surface area contributed by atoms with Gasteiger partial charge in [0.2, 0.25) is 10.0 Å². The van der Waals surface area contributed by atoms with E-state index in [0.29, 0.717) is 12.1 Å². The largest absolute Gasteiger partial charge is 0.481 e. The van der Waals surface area contributed by atoms with Crippen LogP contribution in [0.4, 0.5) is 5.69 Å². The molecule has 0 unspecified atom stereocenters. The van der Waals surface area contributed by atoms with Crippen molar-refractivity contribution in [3.8, 4) is 0 Å². The Morgan fingerprint density at radius 3 is 2.32 bits per heavy atom. The van der Waals surface area contributed by atoms with Gasteiger partial charge in [0.15, 0.2) is 0 Å². The molecule has 0 fully saturated rings. The molecule has 0 amide bonds. The summed E-state index contributed by atoms with van der Waals surface area (Å²) in [7, 11) is -3.46. The number of aryl methyl sites for hydroxylation is 1. The number of aliphatic carboxylic acids is 1. The van der Waals surface area contributed by atoms with E-state index in [2.05, 4.69) is 0 Å². The van der Waals surface area contributed by atoms with E-state index in [4.69, 9.17) is 5.11 Å². The summed E-state index contributed by atoms with van der Waals surface area (Å²) < 4.78 is 25.5. The standard InChI is InChI=1S/C13H19NO4S/c1-3-10-19(17,18)14(9-8-13(15)16)12-6-4-11(2)5-7-12/h4-7H,3,8-10H2,1-2H3,(H,15,16). The SMILES string of the molecule is CCCS(=O)(=O)N(CCC(=O)O)c1ccc(C)cc1. The average Bonchev–Trinajstić information content (AvgIpc) is 2.31. The minimum atomic E-state index is -3.46. The summed E-state index contributed by atoms with van der Waals surface area (Å²) in [6, 6.07) is 7.02. The van der Waals surface area contributed by atoms with Crippen LogP contribution in [-0.4, -0.2) is 31.8 Å². The molecule has 19 heavy (non-hydrogen) atoms. The molecular formula is C13H19NO4S. The van der Waals surface area contributed by atoms with Crippen molar-refractivity contribution in [3.63, 3.8) is 0 Å². The van der Waals surface area contributed by atoms with Crippen molar-refractivity contribution in [3.05, 3.63) is 29.8 Å². The predicted molar refractivity (Wildman–Crippen MR) is 74.9 cm³/mol. The number of benzene rings is 1. The molecule has 6 heteroatoms. The maximum atomic E-state index is 12.2. The van der Waals surface area contributed by atoms with Gasteiger partial charge < -0.3 is 5.11 Å². The molecule has 1 aromatic carbocycles. The monoisotopic (exact) mass is 285 g/mol. The second-order valence-electron chi connectivity index (χ2n) is 4.37. The van der Waals surface area contributed by atoms with Crippen LogP contribution < -0.4 is 4.31 Å². The Labute approximate surface area is 113 Å². The molecule has 0 aromatic heterocycles. The first-order chi connectivity index (χ1) is 8.86. The molecule has 0 saturated heterocycles. The average molecular weight is 285 g/mol. The van der Waals surface area contributed by atoms with Gasteiger partial charge in [0.1, 0.15) is 0 Å². The lowest BCUT2D eigenvalue weighted by molar-refractivity contribution is -0.136. The Balaban J connectivity index is 3.04. The van der Waals surface area contributed by atoms with Crippen molar-refractivity contribution in [1.82, 2.24) is 0 Å². The zero-order valence-electron chi connectivity index (χ0n) is 11.2. The number of nitrogens with zero attached hydrogens (tertiary/aromatic N) is 1. The first-order valence-electron chi connectivity index (χ1n) is 6.15. The van der Waals surface area contributed by atoms with Gasteiger partial charge >= 0.3 is 5.97 Å². The van der Waals surface area contributed by atoms with Crippen LogP contribution in [0.3, 0.4) is 0 Å². The molecule has 0 bridgehead atoms. The van der Waals surface area contributed by atoms with E-state index in [0.717, 1.165) is 5.56 Å². The molecule has 5 nitrogen and oxygen atoms in total. The van der Waals surface area contributed by atoms with E-state index in [9.17, 15) is 13.2 Å².